The van der Waals surface area contributed by atoms with Gasteiger partial charge in [-0.05, 0) is 58.7 Å². The fourth-order valence-corrected chi connectivity index (χ4v) is 7.18. The van der Waals surface area contributed by atoms with Gasteiger partial charge in [-0.2, -0.15) is 0 Å². The Morgan fingerprint density at radius 2 is 1.35 bits per heavy atom. The van der Waals surface area contributed by atoms with Crippen LogP contribution in [0.4, 0.5) is 4.79 Å². The van der Waals surface area contributed by atoms with Crippen LogP contribution < -0.4 is 14.8 Å². The van der Waals surface area contributed by atoms with Crippen LogP contribution in [0.5, 0.6) is 5.75 Å². The van der Waals surface area contributed by atoms with E-state index in [1.54, 1.807) is 42.5 Å². The molecule has 1 saturated heterocycles. The number of hydrogen-bond donors (Lipinski definition) is 2. The molecule has 0 unspecified atom stereocenters. The number of benzene rings is 5. The van der Waals surface area contributed by atoms with Crippen molar-refractivity contribution in [3.05, 3.63) is 155 Å². The number of amides is 3. The summed E-state index contributed by atoms with van der Waals surface area (Å²) in [4.78, 5) is 42.4. The third kappa shape index (κ3) is 9.45. The molecule has 3 atom stereocenters. The zero-order valence-corrected chi connectivity index (χ0v) is 30.3. The zero-order valence-electron chi connectivity index (χ0n) is 27.9. The van der Waals surface area contributed by atoms with Gasteiger partial charge >= 0.3 is 6.09 Å². The van der Waals surface area contributed by atoms with Crippen LogP contribution in [0.3, 0.4) is 0 Å². The predicted molar refractivity (Wildman–Crippen MR) is 200 cm³/mol. The second kappa shape index (κ2) is 16.7. The minimum absolute atomic E-state index is 0.0110. The van der Waals surface area contributed by atoms with Crippen LogP contribution in [0.25, 0.3) is 11.1 Å². The lowest BCUT2D eigenvalue weighted by atomic mass is 10.0. The monoisotopic (exact) mass is 781 g/mol. The minimum Gasteiger partial charge on any atom is -0.488 e. The van der Waals surface area contributed by atoms with Crippen LogP contribution in [0.15, 0.2) is 149 Å². The molecule has 5 aromatic carbocycles. The highest BCUT2D eigenvalue weighted by Gasteiger charge is 2.43. The zero-order chi connectivity index (χ0) is 36.5. The minimum atomic E-state index is -4.24. The molecule has 0 spiro atoms. The van der Waals surface area contributed by atoms with Gasteiger partial charge in [-0.1, -0.05) is 119 Å². The standard InChI is InChI=1S/C40H36BrN3O7S/c41-32-20-16-28(17-21-32)24-36(38(45)43-52(48,49)35-14-8-3-9-15-35)42-39(46)37-25-34(26-44(37)40(47)50-27-29-10-4-1-5-11-29)51-33-22-18-31(19-23-33)30-12-6-2-7-13-30/h1-23,34,36-37H,24-27H2,(H,42,46)(H,43,45)/t34-,36-,37-/m0/s1. The van der Waals surface area contributed by atoms with Gasteiger partial charge in [0.25, 0.3) is 15.9 Å². The third-order valence-electron chi connectivity index (χ3n) is 8.54. The Hall–Kier alpha value is -5.46. The van der Waals surface area contributed by atoms with E-state index in [4.69, 9.17) is 9.47 Å². The molecule has 1 fully saturated rings. The lowest BCUT2D eigenvalue weighted by Crippen LogP contribution is -2.54. The Kier molecular flexibility index (Phi) is 11.7. The van der Waals surface area contributed by atoms with Crippen molar-refractivity contribution >= 4 is 43.9 Å². The molecule has 2 N–H and O–H groups in total. The summed E-state index contributed by atoms with van der Waals surface area (Å²) in [5.41, 5.74) is 3.50. The van der Waals surface area contributed by atoms with Crippen LogP contribution in [0.2, 0.25) is 0 Å². The number of halogens is 1. The summed E-state index contributed by atoms with van der Waals surface area (Å²) in [6.07, 6.45) is -1.23. The average molecular weight is 783 g/mol. The summed E-state index contributed by atoms with van der Waals surface area (Å²) >= 11 is 3.39. The Balaban J connectivity index is 1.21. The predicted octanol–water partition coefficient (Wildman–Crippen LogP) is 6.51. The van der Waals surface area contributed by atoms with Gasteiger partial charge in [-0.15, -0.1) is 0 Å². The van der Waals surface area contributed by atoms with Gasteiger partial charge in [0.05, 0.1) is 11.4 Å². The first-order chi connectivity index (χ1) is 25.1. The van der Waals surface area contributed by atoms with Crippen molar-refractivity contribution < 1.29 is 32.3 Å². The molecular formula is C40H36BrN3O7S. The summed E-state index contributed by atoms with van der Waals surface area (Å²) in [5, 5.41) is 2.73. The van der Waals surface area contributed by atoms with Crippen molar-refractivity contribution in [2.75, 3.05) is 6.54 Å². The van der Waals surface area contributed by atoms with E-state index in [2.05, 4.69) is 26.0 Å². The molecule has 12 heteroatoms. The first kappa shape index (κ1) is 36.3. The van der Waals surface area contributed by atoms with E-state index in [1.807, 2.05) is 84.9 Å². The van der Waals surface area contributed by atoms with Gasteiger partial charge in [-0.3, -0.25) is 14.5 Å². The fourth-order valence-electron chi connectivity index (χ4n) is 5.88. The SMILES string of the molecule is O=C(NS(=O)(=O)c1ccccc1)[C@H](Cc1ccc(Br)cc1)NC(=O)[C@@H]1C[C@H](Oc2ccc(-c3ccccc3)cc2)CN1C(=O)OCc1ccccc1. The summed E-state index contributed by atoms with van der Waals surface area (Å²) in [7, 11) is -4.24. The van der Waals surface area contributed by atoms with Crippen molar-refractivity contribution in [2.45, 2.75) is 42.5 Å². The molecule has 0 aliphatic carbocycles. The second-order valence-electron chi connectivity index (χ2n) is 12.2. The lowest BCUT2D eigenvalue weighted by molar-refractivity contribution is -0.130. The van der Waals surface area contributed by atoms with Gasteiger partial charge in [-0.25, -0.2) is 17.9 Å². The maximum atomic E-state index is 14.1. The summed E-state index contributed by atoms with van der Waals surface area (Å²) in [6.45, 7) is 0.0288. The molecule has 3 amide bonds. The van der Waals surface area contributed by atoms with E-state index in [-0.39, 0.29) is 30.9 Å². The Morgan fingerprint density at radius 1 is 0.750 bits per heavy atom. The van der Waals surface area contributed by atoms with E-state index < -0.39 is 46.1 Å². The molecule has 1 aliphatic heterocycles. The van der Waals surface area contributed by atoms with Crippen molar-refractivity contribution in [1.29, 1.82) is 0 Å². The highest BCUT2D eigenvalue weighted by atomic mass is 79.9. The smallest absolute Gasteiger partial charge is 0.410 e. The topological polar surface area (TPSA) is 131 Å². The van der Waals surface area contributed by atoms with E-state index in [9.17, 15) is 22.8 Å². The van der Waals surface area contributed by atoms with Crippen LogP contribution in [0, 0.1) is 0 Å². The second-order valence-corrected chi connectivity index (χ2v) is 14.8. The van der Waals surface area contributed by atoms with E-state index in [0.717, 1.165) is 21.2 Å². The summed E-state index contributed by atoms with van der Waals surface area (Å²) < 4.78 is 41.0. The van der Waals surface area contributed by atoms with E-state index in [1.165, 1.54) is 17.0 Å². The van der Waals surface area contributed by atoms with Crippen molar-refractivity contribution in [2.24, 2.45) is 0 Å². The highest BCUT2D eigenvalue weighted by molar-refractivity contribution is 9.10. The first-order valence-corrected chi connectivity index (χ1v) is 18.9. The van der Waals surface area contributed by atoms with Crippen molar-refractivity contribution in [3.63, 3.8) is 0 Å². The molecule has 0 saturated carbocycles. The third-order valence-corrected chi connectivity index (χ3v) is 10.4. The number of carbonyl (C=O) groups is 3. The Bertz CT molecular complexity index is 2080. The van der Waals surface area contributed by atoms with Crippen LogP contribution in [-0.4, -0.2) is 56.0 Å². The van der Waals surface area contributed by atoms with Gasteiger partial charge in [0.2, 0.25) is 5.91 Å². The molecule has 0 aromatic heterocycles. The molecule has 0 bridgehead atoms. The molecule has 6 rings (SSSR count). The van der Waals surface area contributed by atoms with E-state index in [0.29, 0.717) is 11.3 Å². The number of nitrogens with zero attached hydrogens (tertiary/aromatic N) is 1. The Labute approximate surface area is 311 Å². The molecule has 0 radical (unpaired) electrons. The number of carbonyl (C=O) groups excluding carboxylic acids is 3. The molecule has 52 heavy (non-hydrogen) atoms. The summed E-state index contributed by atoms with van der Waals surface area (Å²) in [6, 6.07) is 38.8. The lowest BCUT2D eigenvalue weighted by Gasteiger charge is -2.25. The highest BCUT2D eigenvalue weighted by Crippen LogP contribution is 2.27. The van der Waals surface area contributed by atoms with Crippen molar-refractivity contribution in [1.82, 2.24) is 14.9 Å². The molecule has 266 valence electrons. The Morgan fingerprint density at radius 3 is 2.00 bits per heavy atom. The number of nitrogens with one attached hydrogen (secondary N) is 2. The molecule has 5 aromatic rings. The van der Waals surface area contributed by atoms with Crippen LogP contribution in [0.1, 0.15) is 17.5 Å². The van der Waals surface area contributed by atoms with Crippen LogP contribution >= 0.6 is 15.9 Å². The van der Waals surface area contributed by atoms with Gasteiger partial charge < -0.3 is 14.8 Å². The number of rotatable bonds is 12. The first-order valence-electron chi connectivity index (χ1n) is 16.6. The van der Waals surface area contributed by atoms with Crippen molar-refractivity contribution in [3.8, 4) is 16.9 Å². The maximum absolute atomic E-state index is 14.1. The van der Waals surface area contributed by atoms with Crippen LogP contribution in [-0.2, 0) is 37.4 Å². The molecule has 1 heterocycles. The number of likely N-dealkylation sites (tertiary alicyclic amines) is 1. The van der Waals surface area contributed by atoms with E-state index >= 15 is 0 Å². The average Bonchev–Trinajstić information content (AvgIpc) is 3.59. The van der Waals surface area contributed by atoms with Gasteiger partial charge in [0.1, 0.15) is 30.5 Å². The quantitative estimate of drug-likeness (QED) is 0.148. The number of hydrogen-bond acceptors (Lipinski definition) is 7. The molecule has 1 aliphatic rings. The molecular weight excluding hydrogens is 746 g/mol. The maximum Gasteiger partial charge on any atom is 0.410 e. The summed E-state index contributed by atoms with van der Waals surface area (Å²) in [5.74, 6) is -1.03. The fraction of sp³-hybridized carbons (Fsp3) is 0.175. The van der Waals surface area contributed by atoms with Gasteiger partial charge in [0.15, 0.2) is 0 Å². The number of sulfonamides is 1. The van der Waals surface area contributed by atoms with Gasteiger partial charge in [0, 0.05) is 17.3 Å². The molecule has 10 nitrogen and oxygen atoms in total. The number of ether oxygens (including phenoxy) is 2. The normalized spacial score (nSPS) is 16.1. The largest absolute Gasteiger partial charge is 0.488 e.